The van der Waals surface area contributed by atoms with E-state index in [9.17, 15) is 0 Å². The highest BCUT2D eigenvalue weighted by Gasteiger charge is 2.10. The number of nitrogens with zero attached hydrogens (tertiary/aromatic N) is 1. The van der Waals surface area contributed by atoms with Crippen molar-refractivity contribution in [1.82, 2.24) is 10.6 Å². The fourth-order valence-electron chi connectivity index (χ4n) is 2.89. The second-order valence-corrected chi connectivity index (χ2v) is 6.76. The van der Waals surface area contributed by atoms with Crippen LogP contribution in [0.5, 0.6) is 0 Å². The summed E-state index contributed by atoms with van der Waals surface area (Å²) in [6.07, 6.45) is 3.77. The Bertz CT molecular complexity index is 673. The quantitative estimate of drug-likeness (QED) is 0.670. The molecule has 22 heavy (non-hydrogen) atoms. The molecule has 1 aromatic heterocycles. The first-order chi connectivity index (χ1) is 10.8. The summed E-state index contributed by atoms with van der Waals surface area (Å²) in [4.78, 5) is 5.67. The minimum absolute atomic E-state index is 0.816. The van der Waals surface area contributed by atoms with E-state index in [-0.39, 0.29) is 0 Å². The van der Waals surface area contributed by atoms with E-state index in [1.165, 1.54) is 46.4 Å². The molecule has 0 spiro atoms. The van der Waals surface area contributed by atoms with Gasteiger partial charge in [-0.3, -0.25) is 4.99 Å². The van der Waals surface area contributed by atoms with Crippen LogP contribution < -0.4 is 10.6 Å². The number of rotatable bonds is 4. The number of guanidine groups is 1. The Morgan fingerprint density at radius 2 is 1.95 bits per heavy atom. The van der Waals surface area contributed by atoms with Gasteiger partial charge in [-0.05, 0) is 59.9 Å². The fraction of sp³-hybridized carbons (Fsp3) is 0.389. The molecule has 2 aromatic rings. The normalized spacial score (nSPS) is 14.0. The molecule has 3 nitrogen and oxygen atoms in total. The molecule has 1 aliphatic carbocycles. The van der Waals surface area contributed by atoms with E-state index >= 15 is 0 Å². The van der Waals surface area contributed by atoms with Crippen LogP contribution in [0.1, 0.15) is 33.6 Å². The predicted octanol–water partition coefficient (Wildman–Crippen LogP) is 3.41. The summed E-state index contributed by atoms with van der Waals surface area (Å²) in [7, 11) is 1.82. The molecule has 3 rings (SSSR count). The molecule has 0 atom stereocenters. The van der Waals surface area contributed by atoms with E-state index in [4.69, 9.17) is 0 Å². The molecule has 0 saturated heterocycles. The van der Waals surface area contributed by atoms with Crippen LogP contribution in [0.25, 0.3) is 0 Å². The lowest BCUT2D eigenvalue weighted by atomic mass is 10.1. The van der Waals surface area contributed by atoms with Gasteiger partial charge in [-0.25, -0.2) is 0 Å². The Hall–Kier alpha value is -1.81. The van der Waals surface area contributed by atoms with Gasteiger partial charge in [-0.15, -0.1) is 11.3 Å². The van der Waals surface area contributed by atoms with Gasteiger partial charge >= 0.3 is 0 Å². The lowest BCUT2D eigenvalue weighted by Gasteiger charge is -2.12. The molecule has 1 aromatic carbocycles. The van der Waals surface area contributed by atoms with Crippen molar-refractivity contribution in [2.45, 2.75) is 39.3 Å². The van der Waals surface area contributed by atoms with Gasteiger partial charge in [0.1, 0.15) is 0 Å². The molecule has 0 saturated carbocycles. The molecular weight excluding hydrogens is 290 g/mol. The lowest BCUT2D eigenvalue weighted by molar-refractivity contribution is 0.812. The summed E-state index contributed by atoms with van der Waals surface area (Å²) in [5.74, 6) is 0.855. The molecule has 0 aliphatic heterocycles. The van der Waals surface area contributed by atoms with Crippen LogP contribution in [0.3, 0.4) is 0 Å². The van der Waals surface area contributed by atoms with Crippen LogP contribution >= 0.6 is 11.3 Å². The van der Waals surface area contributed by atoms with E-state index in [2.05, 4.69) is 52.2 Å². The zero-order valence-corrected chi connectivity index (χ0v) is 14.1. The summed E-state index contributed by atoms with van der Waals surface area (Å²) in [5.41, 5.74) is 5.72. The number of hydrogen-bond acceptors (Lipinski definition) is 2. The molecule has 0 bridgehead atoms. The van der Waals surface area contributed by atoms with Gasteiger partial charge in [0, 0.05) is 18.5 Å². The Labute approximate surface area is 136 Å². The maximum absolute atomic E-state index is 4.30. The predicted molar refractivity (Wildman–Crippen MR) is 94.6 cm³/mol. The van der Waals surface area contributed by atoms with E-state index < -0.39 is 0 Å². The van der Waals surface area contributed by atoms with Crippen molar-refractivity contribution in [2.24, 2.45) is 4.99 Å². The van der Waals surface area contributed by atoms with E-state index in [1.54, 1.807) is 11.3 Å². The van der Waals surface area contributed by atoms with Crippen LogP contribution in [-0.4, -0.2) is 13.0 Å². The van der Waals surface area contributed by atoms with Gasteiger partial charge < -0.3 is 10.6 Å². The smallest absolute Gasteiger partial charge is 0.191 e. The minimum atomic E-state index is 0.816. The molecule has 0 fully saturated rings. The van der Waals surface area contributed by atoms with Crippen molar-refractivity contribution in [3.05, 3.63) is 56.8 Å². The van der Waals surface area contributed by atoms with Crippen molar-refractivity contribution in [2.75, 3.05) is 7.05 Å². The average molecular weight is 313 g/mol. The van der Waals surface area contributed by atoms with Gasteiger partial charge in [-0.2, -0.15) is 0 Å². The van der Waals surface area contributed by atoms with Crippen molar-refractivity contribution in [3.63, 3.8) is 0 Å². The van der Waals surface area contributed by atoms with Crippen LogP contribution in [-0.2, 0) is 25.9 Å². The molecule has 2 N–H and O–H groups in total. The number of fused-ring (bicyclic) bond motifs is 1. The summed E-state index contributed by atoms with van der Waals surface area (Å²) in [6.45, 7) is 3.79. The third-order valence-electron chi connectivity index (χ3n) is 4.23. The maximum atomic E-state index is 4.30. The topological polar surface area (TPSA) is 36.4 Å². The molecule has 1 heterocycles. The van der Waals surface area contributed by atoms with Gasteiger partial charge in [0.15, 0.2) is 5.96 Å². The Kier molecular flexibility index (Phi) is 4.78. The molecule has 0 radical (unpaired) electrons. The van der Waals surface area contributed by atoms with Gasteiger partial charge in [0.05, 0.1) is 6.54 Å². The Morgan fingerprint density at radius 3 is 2.73 bits per heavy atom. The van der Waals surface area contributed by atoms with Gasteiger partial charge in [0.25, 0.3) is 0 Å². The number of aliphatic imine (C=N–C) groups is 1. The van der Waals surface area contributed by atoms with Gasteiger partial charge in [0.2, 0.25) is 0 Å². The summed E-state index contributed by atoms with van der Waals surface area (Å²) >= 11 is 1.78. The lowest BCUT2D eigenvalue weighted by Crippen LogP contribution is -2.36. The van der Waals surface area contributed by atoms with E-state index in [1.807, 2.05) is 7.05 Å². The highest BCUT2D eigenvalue weighted by Crippen LogP contribution is 2.22. The van der Waals surface area contributed by atoms with Gasteiger partial charge in [-0.1, -0.05) is 18.2 Å². The third kappa shape index (κ3) is 3.50. The number of thiophene rings is 1. The first kappa shape index (κ1) is 15.1. The first-order valence-electron chi connectivity index (χ1n) is 7.84. The summed E-state index contributed by atoms with van der Waals surface area (Å²) in [6, 6.07) is 9.01. The molecule has 0 unspecified atom stereocenters. The highest BCUT2D eigenvalue weighted by molar-refractivity contribution is 7.10. The monoisotopic (exact) mass is 313 g/mol. The zero-order valence-electron chi connectivity index (χ0n) is 13.3. The number of hydrogen-bond donors (Lipinski definition) is 2. The molecular formula is C18H23N3S. The van der Waals surface area contributed by atoms with E-state index in [0.29, 0.717) is 0 Å². The average Bonchev–Trinajstić information content (AvgIpc) is 3.15. The second kappa shape index (κ2) is 6.97. The summed E-state index contributed by atoms with van der Waals surface area (Å²) < 4.78 is 0. The van der Waals surface area contributed by atoms with Crippen LogP contribution in [0.2, 0.25) is 0 Å². The number of aryl methyl sites for hydroxylation is 3. The van der Waals surface area contributed by atoms with Crippen molar-refractivity contribution in [3.8, 4) is 0 Å². The number of benzene rings is 1. The molecule has 4 heteroatoms. The summed E-state index contributed by atoms with van der Waals surface area (Å²) in [5, 5.41) is 8.92. The highest BCUT2D eigenvalue weighted by atomic mass is 32.1. The second-order valence-electron chi connectivity index (χ2n) is 5.76. The molecule has 116 valence electrons. The van der Waals surface area contributed by atoms with Crippen molar-refractivity contribution >= 4 is 17.3 Å². The standard InChI is InChI=1S/C18H23N3S/c1-13-8-9-22-17(13)12-21-18(19-2)20-11-14-6-7-15-4-3-5-16(15)10-14/h6-10H,3-5,11-12H2,1-2H3,(H2,19,20,21). The zero-order chi connectivity index (χ0) is 15.4. The molecule has 0 amide bonds. The first-order valence-corrected chi connectivity index (χ1v) is 8.72. The Morgan fingerprint density at radius 1 is 1.14 bits per heavy atom. The van der Waals surface area contributed by atoms with Crippen LogP contribution in [0.15, 0.2) is 34.6 Å². The third-order valence-corrected chi connectivity index (χ3v) is 5.25. The van der Waals surface area contributed by atoms with Crippen molar-refractivity contribution in [1.29, 1.82) is 0 Å². The minimum Gasteiger partial charge on any atom is -0.352 e. The largest absolute Gasteiger partial charge is 0.352 e. The SMILES string of the molecule is CN=C(NCc1ccc2c(c1)CCC2)NCc1sccc1C. The maximum Gasteiger partial charge on any atom is 0.191 e. The van der Waals surface area contributed by atoms with E-state index in [0.717, 1.165) is 19.0 Å². The fourth-order valence-corrected chi connectivity index (χ4v) is 3.74. The molecule has 1 aliphatic rings. The van der Waals surface area contributed by atoms with Crippen LogP contribution in [0.4, 0.5) is 0 Å². The number of nitrogens with one attached hydrogen (secondary N) is 2. The van der Waals surface area contributed by atoms with Crippen molar-refractivity contribution < 1.29 is 0 Å². The Balaban J connectivity index is 1.54. The van der Waals surface area contributed by atoms with Crippen LogP contribution in [0, 0.1) is 6.92 Å².